The number of halogens is 2. The normalized spacial score (nSPS) is 9.25. The molecule has 0 saturated carbocycles. The van der Waals surface area contributed by atoms with E-state index in [0.717, 1.165) is 10.8 Å². The molecule has 7 aromatic carbocycles. The Morgan fingerprint density at radius 1 is 0.477 bits per heavy atom. The van der Waals surface area contributed by atoms with E-state index in [9.17, 15) is 0 Å². The van der Waals surface area contributed by atoms with Crippen molar-refractivity contribution in [2.75, 3.05) is 0 Å². The summed E-state index contributed by atoms with van der Waals surface area (Å²) in [6, 6.07) is 50.3. The molecular formula is C39H37Cl2OSiTi-3. The minimum absolute atomic E-state index is 0. The van der Waals surface area contributed by atoms with E-state index in [1.54, 1.807) is 45.2 Å². The van der Waals surface area contributed by atoms with Crippen LogP contribution in [0.4, 0.5) is 0 Å². The van der Waals surface area contributed by atoms with Crippen molar-refractivity contribution < 1.29 is 24.3 Å². The number of benzene rings is 6. The first kappa shape index (κ1) is 38.8. The standard InChI is InChI=1S/C25H17.C10H8O.2C2H5.2ClH.Si.Ti/c1-3-7-18(8-4-1)20-11-13-24-22(15-20)17-23-16-21(12-14-25(23)24)19-9-5-2-6-10-19;11-10-6-5-8-3-1-2-4-9(8)7-10;2*1-2;;;;/h1-17H;1-7,11H;2*1H2,2H3;2*1H;;/q-1;;2*-1;;;;. The molecular weight excluding hydrogens is 631 g/mol. The maximum absolute atomic E-state index is 9.13. The fraction of sp³-hybridized carbons (Fsp3) is 0.0513. The van der Waals surface area contributed by atoms with E-state index in [-0.39, 0.29) is 24.8 Å². The number of aromatic hydroxyl groups is 1. The summed E-state index contributed by atoms with van der Waals surface area (Å²) in [5.41, 5.74) is 5.07. The number of fused-ring (bicyclic) bond motifs is 4. The van der Waals surface area contributed by atoms with Crippen molar-refractivity contribution in [3.8, 4) is 28.0 Å². The molecule has 0 bridgehead atoms. The molecule has 0 spiro atoms. The van der Waals surface area contributed by atoms with Crippen LogP contribution in [0.25, 0.3) is 54.6 Å². The third-order valence-electron chi connectivity index (χ3n) is 6.65. The SMILES string of the molecule is Cl.Cl.Oc1ccc2ccccc2c1.[CH2-]C.[CH2-]C.[Si]=[Ti].c1ccc(-c2ccc3c(c2)[cH-]c2cc(-c4ccccc4)ccc23)cc1. The van der Waals surface area contributed by atoms with Crippen LogP contribution < -0.4 is 0 Å². The summed E-state index contributed by atoms with van der Waals surface area (Å²) in [4.78, 5) is 0. The smallest absolute Gasteiger partial charge is 0.0259 e. The molecule has 0 aliphatic carbocycles. The fourth-order valence-corrected chi connectivity index (χ4v) is 4.82. The van der Waals surface area contributed by atoms with E-state index in [0.29, 0.717) is 5.75 Å². The minimum Gasteiger partial charge on any atom is -0.126 e. The summed E-state index contributed by atoms with van der Waals surface area (Å²) in [5, 5.41) is 16.6. The van der Waals surface area contributed by atoms with Gasteiger partial charge >= 0.3 is 26.8 Å². The van der Waals surface area contributed by atoms with Crippen molar-refractivity contribution in [3.05, 3.63) is 159 Å². The van der Waals surface area contributed by atoms with Crippen LogP contribution >= 0.6 is 24.8 Å². The van der Waals surface area contributed by atoms with Gasteiger partial charge in [0.15, 0.2) is 0 Å². The molecule has 7 rings (SSSR count). The van der Waals surface area contributed by atoms with Gasteiger partial charge in [0, 0.05) is 0 Å². The molecule has 1 nitrogen and oxygen atoms in total. The predicted molar refractivity (Wildman–Crippen MR) is 196 cm³/mol. The van der Waals surface area contributed by atoms with Crippen LogP contribution in [0.2, 0.25) is 0 Å². The molecule has 0 unspecified atom stereocenters. The molecule has 0 heterocycles. The first-order valence-electron chi connectivity index (χ1n) is 13.8. The largest absolute Gasteiger partial charge is 0.126 e. The van der Waals surface area contributed by atoms with Crippen LogP contribution in [0.1, 0.15) is 13.8 Å². The topological polar surface area (TPSA) is 20.2 Å². The Hall–Kier alpha value is -3.24. The Labute approximate surface area is 288 Å². The molecule has 224 valence electrons. The van der Waals surface area contributed by atoms with Crippen molar-refractivity contribution in [2.45, 2.75) is 13.8 Å². The van der Waals surface area contributed by atoms with Gasteiger partial charge < -0.3 is 19.0 Å². The molecule has 1 N–H and O–H groups in total. The summed E-state index contributed by atoms with van der Waals surface area (Å²) in [5.74, 6) is 0.323. The van der Waals surface area contributed by atoms with E-state index >= 15 is 0 Å². The number of rotatable bonds is 2. The second-order valence-electron chi connectivity index (χ2n) is 9.01. The van der Waals surface area contributed by atoms with Gasteiger partial charge in [-0.2, -0.15) is 13.8 Å². The van der Waals surface area contributed by atoms with E-state index in [1.165, 1.54) is 43.8 Å². The Bertz CT molecular complexity index is 1730. The Kier molecular flexibility index (Phi) is 18.2. The van der Waals surface area contributed by atoms with Crippen molar-refractivity contribution in [3.63, 3.8) is 0 Å². The zero-order valence-corrected chi connectivity index (χ0v) is 29.2. The fourth-order valence-electron chi connectivity index (χ4n) is 4.82. The molecule has 7 aromatic rings. The number of hydrogen-bond donors (Lipinski definition) is 1. The van der Waals surface area contributed by atoms with Gasteiger partial charge in [-0.05, 0) is 34.0 Å². The Balaban J connectivity index is 0.000000432. The van der Waals surface area contributed by atoms with Gasteiger partial charge in [-0.25, -0.2) is 0 Å². The second kappa shape index (κ2) is 20.7. The second-order valence-corrected chi connectivity index (χ2v) is 9.01. The van der Waals surface area contributed by atoms with Crippen molar-refractivity contribution in [2.24, 2.45) is 0 Å². The molecule has 0 aromatic heterocycles. The molecule has 0 amide bonds. The molecule has 44 heavy (non-hydrogen) atoms. The van der Waals surface area contributed by atoms with Gasteiger partial charge in [-0.3, -0.25) is 0 Å². The van der Waals surface area contributed by atoms with E-state index in [4.69, 9.17) is 5.11 Å². The number of phenolic OH excluding ortho intramolecular Hbond substituents is 1. The van der Waals surface area contributed by atoms with E-state index in [2.05, 4.69) is 125 Å². The Morgan fingerprint density at radius 3 is 1.34 bits per heavy atom. The molecule has 0 saturated heterocycles. The molecule has 5 heteroatoms. The Morgan fingerprint density at radius 2 is 0.886 bits per heavy atom. The molecule has 2 radical (unpaired) electrons. The zero-order chi connectivity index (χ0) is 30.3. The van der Waals surface area contributed by atoms with Crippen LogP contribution in [-0.2, 0) is 19.2 Å². The average molecular weight is 669 g/mol. The zero-order valence-electron chi connectivity index (χ0n) is 25.0. The number of hydrogen-bond acceptors (Lipinski definition) is 1. The quantitative estimate of drug-likeness (QED) is 0.144. The number of phenols is 1. The van der Waals surface area contributed by atoms with Crippen LogP contribution in [0.15, 0.2) is 146 Å². The summed E-state index contributed by atoms with van der Waals surface area (Å²) < 4.78 is 0. The van der Waals surface area contributed by atoms with Crippen molar-refractivity contribution in [1.82, 2.24) is 0 Å². The van der Waals surface area contributed by atoms with E-state index in [1.807, 2.05) is 30.3 Å². The third kappa shape index (κ3) is 9.89. The van der Waals surface area contributed by atoms with Gasteiger partial charge in [0.05, 0.1) is 0 Å². The van der Waals surface area contributed by atoms with Gasteiger partial charge in [0.2, 0.25) is 0 Å². The monoisotopic (exact) mass is 667 g/mol. The first-order valence-corrected chi connectivity index (χ1v) is 16.7. The third-order valence-corrected chi connectivity index (χ3v) is 6.65. The van der Waals surface area contributed by atoms with Gasteiger partial charge in [-0.15, -0.1) is 64.6 Å². The van der Waals surface area contributed by atoms with Crippen molar-refractivity contribution in [1.29, 1.82) is 0 Å². The first-order chi connectivity index (χ1) is 20.7. The van der Waals surface area contributed by atoms with Gasteiger partial charge in [0.25, 0.3) is 0 Å². The summed E-state index contributed by atoms with van der Waals surface area (Å²) in [6.45, 7) is 10.0. The molecule has 0 fully saturated rings. The van der Waals surface area contributed by atoms with Gasteiger partial charge in [0.1, 0.15) is 5.75 Å². The minimum atomic E-state index is 0. The maximum atomic E-state index is 9.13. The summed E-state index contributed by atoms with van der Waals surface area (Å²) in [6.07, 6.45) is 0. The van der Waals surface area contributed by atoms with Crippen LogP contribution in [-0.4, -0.2) is 12.7 Å². The summed E-state index contributed by atoms with van der Waals surface area (Å²) >= 11 is 1.81. The molecule has 0 atom stereocenters. The maximum Gasteiger partial charge on any atom is -0.0259 e. The van der Waals surface area contributed by atoms with Crippen LogP contribution in [0.3, 0.4) is 0 Å². The van der Waals surface area contributed by atoms with Gasteiger partial charge in [-0.1, -0.05) is 126 Å². The molecule has 0 aliphatic rings. The average Bonchev–Trinajstić information content (AvgIpc) is 3.46. The summed E-state index contributed by atoms with van der Waals surface area (Å²) in [7, 11) is 2.97. The van der Waals surface area contributed by atoms with Crippen LogP contribution in [0.5, 0.6) is 5.75 Å². The van der Waals surface area contributed by atoms with Crippen molar-refractivity contribution >= 4 is 64.8 Å². The predicted octanol–water partition coefficient (Wildman–Crippen LogP) is 11.7. The van der Waals surface area contributed by atoms with Crippen LogP contribution in [0, 0.1) is 13.8 Å². The van der Waals surface area contributed by atoms with E-state index < -0.39 is 0 Å². The molecule has 0 aliphatic heterocycles.